The molecule has 44 heavy (non-hydrogen) atoms. The summed E-state index contributed by atoms with van der Waals surface area (Å²) in [6, 6.07) is 2.14. The number of morpholine rings is 1. The highest BCUT2D eigenvalue weighted by Gasteiger charge is 2.39. The van der Waals surface area contributed by atoms with Gasteiger partial charge in [-0.2, -0.15) is 5.26 Å². The third-order valence-corrected chi connectivity index (χ3v) is 9.43. The van der Waals surface area contributed by atoms with E-state index in [9.17, 15) is 25.1 Å². The number of nitrogens with zero attached hydrogens (tertiary/aromatic N) is 3. The summed E-state index contributed by atoms with van der Waals surface area (Å²) in [5.41, 5.74) is 0.925. The lowest BCUT2D eigenvalue weighted by molar-refractivity contribution is -0.155. The van der Waals surface area contributed by atoms with E-state index < -0.39 is 30.1 Å². The van der Waals surface area contributed by atoms with E-state index in [2.05, 4.69) is 36.9 Å². The number of aliphatic hydroxyl groups is 1. The van der Waals surface area contributed by atoms with Crippen LogP contribution in [0.2, 0.25) is 0 Å². The Balaban J connectivity index is 1.84. The average Bonchev–Trinajstić information content (AvgIpc) is 3.48. The number of esters is 1. The first-order valence-electron chi connectivity index (χ1n) is 16.4. The molecule has 3 rings (SSSR count). The van der Waals surface area contributed by atoms with Crippen LogP contribution in [0.25, 0.3) is 0 Å². The third-order valence-electron chi connectivity index (χ3n) is 9.43. The first-order valence-corrected chi connectivity index (χ1v) is 16.4. The lowest BCUT2D eigenvalue weighted by atomic mass is 9.82. The molecule has 0 aromatic carbocycles. The summed E-state index contributed by atoms with van der Waals surface area (Å²) < 4.78 is 11.4. The fourth-order valence-corrected chi connectivity index (χ4v) is 7.10. The van der Waals surface area contributed by atoms with Gasteiger partial charge in [0.15, 0.2) is 0 Å². The van der Waals surface area contributed by atoms with Crippen LogP contribution >= 0.6 is 0 Å². The number of cyclic esters (lactones) is 1. The SMILES string of the molecule is CC1CC(C)CC(C)C(O)/C(C#N)=C/C=C/CC(C2CCCC2C(=O)O)OC(=O)C/C(=N\OCCN2CCOCC2)C(C)C1. The summed E-state index contributed by atoms with van der Waals surface area (Å²) in [6.07, 6.45) is 8.39. The van der Waals surface area contributed by atoms with Gasteiger partial charge in [-0.3, -0.25) is 14.5 Å². The van der Waals surface area contributed by atoms with Crippen molar-refractivity contribution in [3.05, 3.63) is 23.8 Å². The van der Waals surface area contributed by atoms with Gasteiger partial charge in [0.05, 0.1) is 49.0 Å². The van der Waals surface area contributed by atoms with Crippen molar-refractivity contribution in [1.29, 1.82) is 5.26 Å². The molecule has 0 spiro atoms. The Hall–Kier alpha value is -2.74. The zero-order valence-corrected chi connectivity index (χ0v) is 27.0. The molecule has 246 valence electrons. The molecule has 1 saturated heterocycles. The quantitative estimate of drug-likeness (QED) is 0.240. The molecular formula is C34H53N3O7. The molecule has 0 amide bonds. The molecule has 8 unspecified atom stereocenters. The molecule has 0 aromatic heterocycles. The van der Waals surface area contributed by atoms with Crippen LogP contribution in [0.4, 0.5) is 0 Å². The van der Waals surface area contributed by atoms with Gasteiger partial charge in [-0.1, -0.05) is 51.4 Å². The van der Waals surface area contributed by atoms with Crippen LogP contribution in [0.1, 0.15) is 79.1 Å². The molecule has 2 N–H and O–H groups in total. The van der Waals surface area contributed by atoms with Gasteiger partial charge in [0.25, 0.3) is 0 Å². The first-order chi connectivity index (χ1) is 21.1. The number of oxime groups is 1. The van der Waals surface area contributed by atoms with Gasteiger partial charge in [0.2, 0.25) is 0 Å². The molecule has 2 fully saturated rings. The van der Waals surface area contributed by atoms with Crippen molar-refractivity contribution in [1.82, 2.24) is 4.90 Å². The predicted octanol–water partition coefficient (Wildman–Crippen LogP) is 4.98. The molecule has 2 aliphatic heterocycles. The van der Waals surface area contributed by atoms with Crippen LogP contribution in [-0.2, 0) is 23.9 Å². The van der Waals surface area contributed by atoms with E-state index in [0.717, 1.165) is 45.3 Å². The molecule has 1 aliphatic carbocycles. The number of carbonyl (C=O) groups is 2. The Labute approximate surface area is 263 Å². The van der Waals surface area contributed by atoms with E-state index in [1.54, 1.807) is 18.2 Å². The van der Waals surface area contributed by atoms with Gasteiger partial charge in [0, 0.05) is 32.0 Å². The first kappa shape index (κ1) is 35.7. The largest absolute Gasteiger partial charge is 0.481 e. The number of carboxylic acid groups (broad SMARTS) is 1. The third kappa shape index (κ3) is 11.3. The number of nitriles is 1. The number of carbonyl (C=O) groups excluding carboxylic acids is 1. The number of hydrogen-bond acceptors (Lipinski definition) is 9. The average molecular weight is 616 g/mol. The minimum Gasteiger partial charge on any atom is -0.481 e. The Kier molecular flexibility index (Phi) is 14.8. The van der Waals surface area contributed by atoms with Gasteiger partial charge in [-0.15, -0.1) is 0 Å². The van der Waals surface area contributed by atoms with E-state index in [-0.39, 0.29) is 29.7 Å². The van der Waals surface area contributed by atoms with Crippen molar-refractivity contribution in [2.45, 2.75) is 91.3 Å². The zero-order valence-electron chi connectivity index (χ0n) is 27.0. The number of carboxylic acids is 1. The number of aliphatic carboxylic acids is 1. The fraction of sp³-hybridized carbons (Fsp3) is 0.765. The monoisotopic (exact) mass is 615 g/mol. The maximum atomic E-state index is 13.4. The topological polar surface area (TPSA) is 142 Å². The van der Waals surface area contributed by atoms with E-state index in [1.165, 1.54) is 0 Å². The van der Waals surface area contributed by atoms with Crippen molar-refractivity contribution in [3.63, 3.8) is 0 Å². The Morgan fingerprint density at radius 3 is 2.57 bits per heavy atom. The number of rotatable bonds is 6. The number of allylic oxidation sites excluding steroid dienone is 2. The summed E-state index contributed by atoms with van der Waals surface area (Å²) in [6.45, 7) is 12.7. The maximum Gasteiger partial charge on any atom is 0.311 e. The van der Waals surface area contributed by atoms with Gasteiger partial charge in [-0.25, -0.2) is 0 Å². The summed E-state index contributed by atoms with van der Waals surface area (Å²) in [5.74, 6) is -1.65. The summed E-state index contributed by atoms with van der Waals surface area (Å²) in [4.78, 5) is 33.5. The highest BCUT2D eigenvalue weighted by atomic mass is 16.6. The molecule has 10 heteroatoms. The summed E-state index contributed by atoms with van der Waals surface area (Å²) in [7, 11) is 0. The Morgan fingerprint density at radius 1 is 1.14 bits per heavy atom. The lowest BCUT2D eigenvalue weighted by Gasteiger charge is -2.27. The van der Waals surface area contributed by atoms with Crippen molar-refractivity contribution < 1.29 is 34.1 Å². The standard InChI is InChI=1S/C34H53N3O7/c1-23-18-24(2)20-26(4)33(39)27(22-35)8-5-6-11-31(28-9-7-10-29(28)34(40)41)44-32(38)21-30(25(3)19-23)36-43-17-14-37-12-15-42-16-13-37/h5-6,8,23-26,28-29,31,33,39H,7,9-21H2,1-4H3,(H,40,41)/b6-5+,27-8+,36-30+. The maximum absolute atomic E-state index is 13.4. The molecule has 2 heterocycles. The van der Waals surface area contributed by atoms with E-state index in [1.807, 2.05) is 6.92 Å². The van der Waals surface area contributed by atoms with Crippen LogP contribution in [0, 0.1) is 46.8 Å². The second-order valence-corrected chi connectivity index (χ2v) is 13.3. The van der Waals surface area contributed by atoms with Crippen molar-refractivity contribution in [2.75, 3.05) is 39.5 Å². The number of aliphatic hydroxyl groups excluding tert-OH is 1. The highest BCUT2D eigenvalue weighted by molar-refractivity contribution is 5.99. The smallest absolute Gasteiger partial charge is 0.311 e. The Morgan fingerprint density at radius 2 is 1.86 bits per heavy atom. The van der Waals surface area contributed by atoms with E-state index in [0.29, 0.717) is 56.6 Å². The Bertz CT molecular complexity index is 1060. The van der Waals surface area contributed by atoms with Crippen LogP contribution in [0.15, 0.2) is 29.0 Å². The summed E-state index contributed by atoms with van der Waals surface area (Å²) >= 11 is 0. The van der Waals surface area contributed by atoms with Crippen LogP contribution in [0.3, 0.4) is 0 Å². The van der Waals surface area contributed by atoms with Crippen LogP contribution in [0.5, 0.6) is 0 Å². The molecule has 3 aliphatic rings. The van der Waals surface area contributed by atoms with Gasteiger partial charge >= 0.3 is 11.9 Å². The van der Waals surface area contributed by atoms with Gasteiger partial charge in [-0.05, 0) is 61.9 Å². The normalized spacial score (nSPS) is 36.7. The van der Waals surface area contributed by atoms with Crippen molar-refractivity contribution in [2.24, 2.45) is 40.7 Å². The molecule has 10 nitrogen and oxygen atoms in total. The molecule has 0 aromatic rings. The number of ether oxygens (including phenoxy) is 2. The van der Waals surface area contributed by atoms with E-state index >= 15 is 0 Å². The minimum absolute atomic E-state index is 0.0205. The lowest BCUT2D eigenvalue weighted by Crippen LogP contribution is -2.38. The van der Waals surface area contributed by atoms with Gasteiger partial charge in [0.1, 0.15) is 12.7 Å². The summed E-state index contributed by atoms with van der Waals surface area (Å²) in [5, 5.41) is 35.0. The van der Waals surface area contributed by atoms with Crippen molar-refractivity contribution >= 4 is 17.7 Å². The second-order valence-electron chi connectivity index (χ2n) is 13.3. The van der Waals surface area contributed by atoms with Gasteiger partial charge < -0.3 is 24.5 Å². The van der Waals surface area contributed by atoms with Crippen molar-refractivity contribution in [3.8, 4) is 6.07 Å². The second kappa shape index (κ2) is 18.3. The van der Waals surface area contributed by atoms with Crippen LogP contribution in [-0.4, -0.2) is 84.4 Å². The fourth-order valence-electron chi connectivity index (χ4n) is 7.10. The molecular weight excluding hydrogens is 562 g/mol. The molecule has 0 bridgehead atoms. The zero-order chi connectivity index (χ0) is 32.1. The number of hydrogen-bond donors (Lipinski definition) is 2. The molecule has 8 atom stereocenters. The predicted molar refractivity (Wildman–Crippen MR) is 168 cm³/mol. The molecule has 1 saturated carbocycles. The van der Waals surface area contributed by atoms with Crippen LogP contribution < -0.4 is 0 Å². The minimum atomic E-state index is -0.881. The molecule has 0 radical (unpaired) electrons. The highest BCUT2D eigenvalue weighted by Crippen LogP contribution is 2.37. The van der Waals surface area contributed by atoms with E-state index in [4.69, 9.17) is 14.3 Å².